The lowest BCUT2D eigenvalue weighted by molar-refractivity contribution is -0.113. The van der Waals surface area contributed by atoms with Crippen molar-refractivity contribution < 1.29 is 9.53 Å². The standard InChI is InChI=1S/C20H26N4O4/c1-4-6-13-24-18(21)17(19(26)22-20(24)27)23(3)16(25)12-9-14-7-10-15(11-8-14)28-5-2/h7-12H,4-6,13,21H2,1-3H3,(H,22,26,27)/b12-9+. The molecule has 28 heavy (non-hydrogen) atoms. The first kappa shape index (κ1) is 21.0. The second-order valence-corrected chi connectivity index (χ2v) is 6.23. The molecule has 0 aliphatic carbocycles. The molecule has 2 aromatic rings. The van der Waals surface area contributed by atoms with E-state index in [1.807, 2.05) is 38.1 Å². The van der Waals surface area contributed by atoms with Gasteiger partial charge in [-0.1, -0.05) is 25.5 Å². The Morgan fingerprint density at radius 3 is 2.54 bits per heavy atom. The number of hydrogen-bond acceptors (Lipinski definition) is 5. The molecular weight excluding hydrogens is 360 g/mol. The second kappa shape index (κ2) is 9.59. The van der Waals surface area contributed by atoms with E-state index in [1.54, 1.807) is 6.08 Å². The molecule has 2 rings (SSSR count). The van der Waals surface area contributed by atoms with Gasteiger partial charge in [-0.25, -0.2) is 4.79 Å². The van der Waals surface area contributed by atoms with E-state index in [9.17, 15) is 14.4 Å². The van der Waals surface area contributed by atoms with Gasteiger partial charge in [0.1, 0.15) is 11.6 Å². The van der Waals surface area contributed by atoms with Gasteiger partial charge in [0.15, 0.2) is 5.69 Å². The highest BCUT2D eigenvalue weighted by molar-refractivity contribution is 6.04. The van der Waals surface area contributed by atoms with Gasteiger partial charge in [-0.2, -0.15) is 0 Å². The van der Waals surface area contributed by atoms with Gasteiger partial charge in [0.2, 0.25) is 0 Å². The third-order valence-electron chi connectivity index (χ3n) is 4.22. The number of unbranched alkanes of at least 4 members (excludes halogenated alkanes) is 1. The Kier molecular flexibility index (Phi) is 7.20. The van der Waals surface area contributed by atoms with E-state index in [4.69, 9.17) is 10.5 Å². The van der Waals surface area contributed by atoms with E-state index in [0.29, 0.717) is 13.2 Å². The van der Waals surface area contributed by atoms with Gasteiger partial charge in [0.25, 0.3) is 11.5 Å². The van der Waals surface area contributed by atoms with E-state index in [2.05, 4.69) is 4.98 Å². The summed E-state index contributed by atoms with van der Waals surface area (Å²) in [6.45, 7) is 4.83. The van der Waals surface area contributed by atoms with E-state index in [-0.39, 0.29) is 11.5 Å². The lowest BCUT2D eigenvalue weighted by Crippen LogP contribution is -2.38. The monoisotopic (exact) mass is 386 g/mol. The van der Waals surface area contributed by atoms with E-state index in [0.717, 1.165) is 29.1 Å². The number of carbonyl (C=O) groups is 1. The topological polar surface area (TPSA) is 110 Å². The van der Waals surface area contributed by atoms with Gasteiger partial charge >= 0.3 is 5.69 Å². The van der Waals surface area contributed by atoms with Crippen LogP contribution in [-0.4, -0.2) is 29.1 Å². The number of benzene rings is 1. The van der Waals surface area contributed by atoms with Crippen LogP contribution in [-0.2, 0) is 11.3 Å². The van der Waals surface area contributed by atoms with Crippen molar-refractivity contribution in [2.75, 3.05) is 24.3 Å². The van der Waals surface area contributed by atoms with Crippen molar-refractivity contribution in [3.8, 4) is 5.75 Å². The summed E-state index contributed by atoms with van der Waals surface area (Å²) >= 11 is 0. The minimum atomic E-state index is -0.694. The van der Waals surface area contributed by atoms with Crippen molar-refractivity contribution in [1.29, 1.82) is 0 Å². The Balaban J connectivity index is 2.24. The van der Waals surface area contributed by atoms with E-state index in [1.165, 1.54) is 17.7 Å². The predicted molar refractivity (Wildman–Crippen MR) is 111 cm³/mol. The van der Waals surface area contributed by atoms with Crippen molar-refractivity contribution in [1.82, 2.24) is 9.55 Å². The molecule has 150 valence electrons. The van der Waals surface area contributed by atoms with Crippen LogP contribution in [0.15, 0.2) is 39.9 Å². The van der Waals surface area contributed by atoms with Gasteiger partial charge in [-0.3, -0.25) is 19.1 Å². The zero-order valence-corrected chi connectivity index (χ0v) is 16.4. The summed E-state index contributed by atoms with van der Waals surface area (Å²) in [5.74, 6) is 0.288. The van der Waals surface area contributed by atoms with Gasteiger partial charge in [-0.15, -0.1) is 0 Å². The number of amides is 1. The molecule has 0 unspecified atom stereocenters. The minimum Gasteiger partial charge on any atom is -0.494 e. The summed E-state index contributed by atoms with van der Waals surface area (Å²) in [6, 6.07) is 7.26. The Bertz CT molecular complexity index is 958. The fraction of sp³-hybridized carbons (Fsp3) is 0.350. The molecule has 0 saturated heterocycles. The van der Waals surface area contributed by atoms with Crippen molar-refractivity contribution in [2.45, 2.75) is 33.2 Å². The van der Waals surface area contributed by atoms with E-state index < -0.39 is 17.2 Å². The van der Waals surface area contributed by atoms with Crippen molar-refractivity contribution in [2.24, 2.45) is 0 Å². The molecule has 1 amide bonds. The Labute approximate surface area is 163 Å². The third-order valence-corrected chi connectivity index (χ3v) is 4.22. The van der Waals surface area contributed by atoms with Crippen molar-refractivity contribution >= 4 is 23.5 Å². The molecule has 0 spiro atoms. The molecule has 1 heterocycles. The van der Waals surface area contributed by atoms with Crippen LogP contribution in [0.4, 0.5) is 11.5 Å². The molecule has 8 nitrogen and oxygen atoms in total. The number of carbonyl (C=O) groups excluding carboxylic acids is 1. The zero-order chi connectivity index (χ0) is 20.7. The number of nitrogens with one attached hydrogen (secondary N) is 1. The van der Waals surface area contributed by atoms with Crippen molar-refractivity contribution in [3.05, 3.63) is 56.7 Å². The maximum Gasteiger partial charge on any atom is 0.330 e. The highest BCUT2D eigenvalue weighted by Crippen LogP contribution is 2.17. The third kappa shape index (κ3) is 4.91. The Morgan fingerprint density at radius 1 is 1.25 bits per heavy atom. The average Bonchev–Trinajstić information content (AvgIpc) is 2.67. The maximum absolute atomic E-state index is 12.5. The number of hydrogen-bond donors (Lipinski definition) is 2. The number of nitrogen functional groups attached to an aromatic ring is 1. The maximum atomic E-state index is 12.5. The summed E-state index contributed by atoms with van der Waals surface area (Å²) in [7, 11) is 1.44. The van der Waals surface area contributed by atoms with Gasteiger partial charge in [0, 0.05) is 19.7 Å². The lowest BCUT2D eigenvalue weighted by Gasteiger charge is -2.19. The normalized spacial score (nSPS) is 11.0. The van der Waals surface area contributed by atoms with Crippen LogP contribution in [0.25, 0.3) is 6.08 Å². The highest BCUT2D eigenvalue weighted by Gasteiger charge is 2.19. The first-order chi connectivity index (χ1) is 13.4. The smallest absolute Gasteiger partial charge is 0.330 e. The van der Waals surface area contributed by atoms with Crippen LogP contribution in [0.1, 0.15) is 32.3 Å². The number of aromatic nitrogens is 2. The first-order valence-corrected chi connectivity index (χ1v) is 9.20. The molecule has 0 atom stereocenters. The SMILES string of the molecule is CCCCn1c(N)c(N(C)C(=O)/C=C/c2ccc(OCC)cc2)c(=O)[nH]c1=O. The molecule has 3 N–H and O–H groups in total. The molecule has 1 aromatic heterocycles. The number of nitrogens with zero attached hydrogens (tertiary/aromatic N) is 2. The number of aromatic amines is 1. The van der Waals surface area contributed by atoms with Gasteiger partial charge in [0.05, 0.1) is 6.61 Å². The highest BCUT2D eigenvalue weighted by atomic mass is 16.5. The van der Waals surface area contributed by atoms with E-state index >= 15 is 0 Å². The minimum absolute atomic E-state index is 0.0208. The number of rotatable bonds is 8. The molecule has 8 heteroatoms. The van der Waals surface area contributed by atoms with Gasteiger partial charge < -0.3 is 15.4 Å². The molecule has 0 radical (unpaired) electrons. The Morgan fingerprint density at radius 2 is 1.93 bits per heavy atom. The predicted octanol–water partition coefficient (Wildman–Crippen LogP) is 1.99. The van der Waals surface area contributed by atoms with Crippen LogP contribution in [0.5, 0.6) is 5.75 Å². The van der Waals surface area contributed by atoms with Crippen LogP contribution in [0, 0.1) is 0 Å². The lowest BCUT2D eigenvalue weighted by atomic mass is 10.2. The second-order valence-electron chi connectivity index (χ2n) is 6.23. The van der Waals surface area contributed by atoms with Crippen LogP contribution < -0.4 is 26.6 Å². The molecule has 0 fully saturated rings. The fourth-order valence-corrected chi connectivity index (χ4v) is 2.67. The molecule has 0 bridgehead atoms. The summed E-state index contributed by atoms with van der Waals surface area (Å²) in [4.78, 5) is 40.1. The fourth-order valence-electron chi connectivity index (χ4n) is 2.67. The number of anilines is 2. The molecule has 1 aromatic carbocycles. The molecular formula is C20H26N4O4. The Hall–Kier alpha value is -3.29. The number of ether oxygens (including phenoxy) is 1. The molecule has 0 saturated carbocycles. The molecule has 0 aliphatic rings. The van der Waals surface area contributed by atoms with Crippen LogP contribution in [0.2, 0.25) is 0 Å². The summed E-state index contributed by atoms with van der Waals surface area (Å²) in [5, 5.41) is 0. The summed E-state index contributed by atoms with van der Waals surface area (Å²) in [5.41, 5.74) is 5.52. The number of likely N-dealkylation sites (N-methyl/N-ethyl adjacent to an activating group) is 1. The average molecular weight is 386 g/mol. The number of nitrogens with two attached hydrogens (primary N) is 1. The first-order valence-electron chi connectivity index (χ1n) is 9.20. The molecule has 0 aliphatic heterocycles. The quantitative estimate of drug-likeness (QED) is 0.674. The van der Waals surface area contributed by atoms with Crippen LogP contribution in [0.3, 0.4) is 0 Å². The largest absolute Gasteiger partial charge is 0.494 e. The van der Waals surface area contributed by atoms with Gasteiger partial charge in [-0.05, 0) is 37.1 Å². The number of H-pyrrole nitrogens is 1. The summed E-state index contributed by atoms with van der Waals surface area (Å²) in [6.07, 6.45) is 4.56. The van der Waals surface area contributed by atoms with Crippen LogP contribution >= 0.6 is 0 Å². The summed E-state index contributed by atoms with van der Waals surface area (Å²) < 4.78 is 6.66. The zero-order valence-electron chi connectivity index (χ0n) is 16.4. The van der Waals surface area contributed by atoms with Crippen molar-refractivity contribution in [3.63, 3.8) is 0 Å².